The molecule has 0 aliphatic rings. The predicted molar refractivity (Wildman–Crippen MR) is 65.7 cm³/mol. The van der Waals surface area contributed by atoms with Gasteiger partial charge in [-0.3, -0.25) is 0 Å². The number of nitrogens with two attached hydrogens (primary N) is 1. The molecule has 2 nitrogen and oxygen atoms in total. The fourth-order valence-corrected chi connectivity index (χ4v) is 1.99. The zero-order chi connectivity index (χ0) is 11.6. The number of rotatable bonds is 3. The van der Waals surface area contributed by atoms with E-state index in [-0.39, 0.29) is 16.5 Å². The highest BCUT2D eigenvalue weighted by Crippen LogP contribution is 2.38. The molecule has 3 N–H and O–H groups in total. The van der Waals surface area contributed by atoms with Crippen molar-refractivity contribution < 1.29 is 5.11 Å². The second kappa shape index (κ2) is 4.95. The van der Waals surface area contributed by atoms with Gasteiger partial charge in [0.2, 0.25) is 0 Å². The molecule has 0 fully saturated rings. The minimum absolute atomic E-state index is 0.0696. The molecule has 1 aromatic carbocycles. The van der Waals surface area contributed by atoms with Crippen LogP contribution in [0.3, 0.4) is 0 Å². The standard InChI is InChI=1S/C11H15Cl2NO/c1-6(2)3-4-7-8(12)5-9(14)11(15)10(7)13/h5-6,15H,3-4,14H2,1-2H3. The monoisotopic (exact) mass is 247 g/mol. The molecule has 0 heterocycles. The van der Waals surface area contributed by atoms with Gasteiger partial charge in [-0.2, -0.15) is 0 Å². The molecule has 0 unspecified atom stereocenters. The van der Waals surface area contributed by atoms with Crippen molar-refractivity contribution in [3.05, 3.63) is 21.7 Å². The van der Waals surface area contributed by atoms with E-state index in [0.29, 0.717) is 10.9 Å². The Labute approximate surface area is 100.0 Å². The molecule has 0 saturated heterocycles. The van der Waals surface area contributed by atoms with E-state index in [9.17, 15) is 5.11 Å². The summed E-state index contributed by atoms with van der Waals surface area (Å²) in [5.41, 5.74) is 6.52. The van der Waals surface area contributed by atoms with Crippen molar-refractivity contribution in [2.75, 3.05) is 5.73 Å². The second-order valence-corrected chi connectivity index (χ2v) is 4.81. The summed E-state index contributed by atoms with van der Waals surface area (Å²) in [6, 6.07) is 1.54. The normalized spacial score (nSPS) is 11.0. The number of nitrogen functional groups attached to an aromatic ring is 1. The molecule has 0 spiro atoms. The number of aromatic hydroxyl groups is 1. The molecule has 0 atom stereocenters. The maximum absolute atomic E-state index is 9.56. The Bertz CT molecular complexity index is 364. The van der Waals surface area contributed by atoms with Crippen molar-refractivity contribution >= 4 is 28.9 Å². The lowest BCUT2D eigenvalue weighted by molar-refractivity contribution is 0.477. The van der Waals surface area contributed by atoms with E-state index in [4.69, 9.17) is 28.9 Å². The topological polar surface area (TPSA) is 46.2 Å². The average molecular weight is 248 g/mol. The highest BCUT2D eigenvalue weighted by molar-refractivity contribution is 6.37. The first-order chi connectivity index (χ1) is 6.93. The fraction of sp³-hybridized carbons (Fsp3) is 0.455. The number of phenols is 1. The number of phenolic OH excluding ortho intramolecular Hbond substituents is 1. The van der Waals surface area contributed by atoms with Crippen LogP contribution in [0.2, 0.25) is 10.0 Å². The Morgan fingerprint density at radius 2 is 2.00 bits per heavy atom. The summed E-state index contributed by atoms with van der Waals surface area (Å²) in [5, 5.41) is 10.4. The van der Waals surface area contributed by atoms with E-state index in [1.807, 2.05) is 0 Å². The molecule has 0 aromatic heterocycles. The van der Waals surface area contributed by atoms with E-state index >= 15 is 0 Å². The minimum atomic E-state index is -0.0696. The van der Waals surface area contributed by atoms with Crippen LogP contribution in [0, 0.1) is 5.92 Å². The lowest BCUT2D eigenvalue weighted by atomic mass is 10.0. The number of hydrogen-bond donors (Lipinski definition) is 2. The van der Waals surface area contributed by atoms with Crippen molar-refractivity contribution in [2.45, 2.75) is 26.7 Å². The molecular weight excluding hydrogens is 233 g/mol. The molecule has 0 radical (unpaired) electrons. The fourth-order valence-electron chi connectivity index (χ4n) is 1.33. The molecule has 1 rings (SSSR count). The molecule has 15 heavy (non-hydrogen) atoms. The van der Waals surface area contributed by atoms with Crippen molar-refractivity contribution in [3.63, 3.8) is 0 Å². The third-order valence-corrected chi connectivity index (χ3v) is 3.03. The lowest BCUT2D eigenvalue weighted by Gasteiger charge is -2.11. The number of halogens is 2. The molecule has 0 saturated carbocycles. The zero-order valence-corrected chi connectivity index (χ0v) is 10.4. The number of benzene rings is 1. The minimum Gasteiger partial charge on any atom is -0.504 e. The Balaban J connectivity index is 3.02. The van der Waals surface area contributed by atoms with E-state index in [2.05, 4.69) is 13.8 Å². The summed E-state index contributed by atoms with van der Waals surface area (Å²) >= 11 is 12.0. The first-order valence-electron chi connectivity index (χ1n) is 4.88. The quantitative estimate of drug-likeness (QED) is 0.630. The highest BCUT2D eigenvalue weighted by Gasteiger charge is 2.13. The Morgan fingerprint density at radius 1 is 1.40 bits per heavy atom. The van der Waals surface area contributed by atoms with Crippen LogP contribution in [0.15, 0.2) is 6.07 Å². The third-order valence-electron chi connectivity index (χ3n) is 2.29. The average Bonchev–Trinajstić information content (AvgIpc) is 2.14. The first-order valence-corrected chi connectivity index (χ1v) is 5.64. The molecule has 1 aromatic rings. The van der Waals surface area contributed by atoms with Gasteiger partial charge in [-0.1, -0.05) is 37.0 Å². The second-order valence-electron chi connectivity index (χ2n) is 4.02. The van der Waals surface area contributed by atoms with Gasteiger partial charge in [0, 0.05) is 5.02 Å². The Hall–Kier alpha value is -0.600. The highest BCUT2D eigenvalue weighted by atomic mass is 35.5. The van der Waals surface area contributed by atoms with E-state index in [0.717, 1.165) is 18.4 Å². The Morgan fingerprint density at radius 3 is 2.53 bits per heavy atom. The van der Waals surface area contributed by atoms with Gasteiger partial charge < -0.3 is 10.8 Å². The van der Waals surface area contributed by atoms with Gasteiger partial charge in [0.15, 0.2) is 5.75 Å². The zero-order valence-electron chi connectivity index (χ0n) is 8.85. The molecule has 0 aliphatic carbocycles. The smallest absolute Gasteiger partial charge is 0.157 e. The van der Waals surface area contributed by atoms with Gasteiger partial charge >= 0.3 is 0 Å². The number of anilines is 1. The van der Waals surface area contributed by atoms with Crippen LogP contribution in [0.25, 0.3) is 0 Å². The van der Waals surface area contributed by atoms with Crippen molar-refractivity contribution in [2.24, 2.45) is 5.92 Å². The molecular formula is C11H15Cl2NO. The van der Waals surface area contributed by atoms with Crippen LogP contribution >= 0.6 is 23.2 Å². The third kappa shape index (κ3) is 2.93. The van der Waals surface area contributed by atoms with Crippen LogP contribution < -0.4 is 5.73 Å². The Kier molecular flexibility index (Phi) is 4.12. The molecule has 84 valence electrons. The molecule has 0 amide bonds. The largest absolute Gasteiger partial charge is 0.504 e. The summed E-state index contributed by atoms with van der Waals surface area (Å²) in [6.45, 7) is 4.25. The summed E-state index contributed by atoms with van der Waals surface area (Å²) in [5.74, 6) is 0.497. The lowest BCUT2D eigenvalue weighted by Crippen LogP contribution is -1.96. The summed E-state index contributed by atoms with van der Waals surface area (Å²) in [4.78, 5) is 0. The van der Waals surface area contributed by atoms with Crippen molar-refractivity contribution in [3.8, 4) is 5.75 Å². The molecule has 4 heteroatoms. The van der Waals surface area contributed by atoms with Crippen LogP contribution in [-0.2, 0) is 6.42 Å². The van der Waals surface area contributed by atoms with E-state index in [1.165, 1.54) is 0 Å². The predicted octanol–water partition coefficient (Wildman–Crippen LogP) is 3.87. The SMILES string of the molecule is CC(C)CCc1c(Cl)cc(N)c(O)c1Cl. The first kappa shape index (κ1) is 12.5. The van der Waals surface area contributed by atoms with E-state index < -0.39 is 0 Å². The van der Waals surface area contributed by atoms with Crippen LogP contribution in [-0.4, -0.2) is 5.11 Å². The number of hydrogen-bond acceptors (Lipinski definition) is 2. The van der Waals surface area contributed by atoms with Crippen LogP contribution in [0.1, 0.15) is 25.8 Å². The van der Waals surface area contributed by atoms with Gasteiger partial charge in [0.1, 0.15) is 0 Å². The summed E-state index contributed by atoms with van der Waals surface area (Å²) in [7, 11) is 0. The summed E-state index contributed by atoms with van der Waals surface area (Å²) in [6.07, 6.45) is 1.73. The van der Waals surface area contributed by atoms with Crippen molar-refractivity contribution in [1.29, 1.82) is 0 Å². The maximum atomic E-state index is 9.56. The van der Waals surface area contributed by atoms with Gasteiger partial charge in [-0.05, 0) is 30.4 Å². The summed E-state index contributed by atoms with van der Waals surface area (Å²) < 4.78 is 0. The van der Waals surface area contributed by atoms with Gasteiger partial charge in [0.05, 0.1) is 10.7 Å². The van der Waals surface area contributed by atoms with Gasteiger partial charge in [-0.15, -0.1) is 0 Å². The molecule has 0 aliphatic heterocycles. The molecule has 0 bridgehead atoms. The van der Waals surface area contributed by atoms with E-state index in [1.54, 1.807) is 6.07 Å². The van der Waals surface area contributed by atoms with Crippen molar-refractivity contribution in [1.82, 2.24) is 0 Å². The van der Waals surface area contributed by atoms with Crippen LogP contribution in [0.5, 0.6) is 5.75 Å². The van der Waals surface area contributed by atoms with Gasteiger partial charge in [0.25, 0.3) is 0 Å². The van der Waals surface area contributed by atoms with Gasteiger partial charge in [-0.25, -0.2) is 0 Å². The van der Waals surface area contributed by atoms with Crippen LogP contribution in [0.4, 0.5) is 5.69 Å². The maximum Gasteiger partial charge on any atom is 0.157 e.